The van der Waals surface area contributed by atoms with Crippen molar-refractivity contribution in [2.45, 2.75) is 4.90 Å². The molecule has 7 heteroatoms. The largest absolute Gasteiger partial charge is 0.508 e. The summed E-state index contributed by atoms with van der Waals surface area (Å²) < 4.78 is 27.7. The zero-order valence-corrected chi connectivity index (χ0v) is 14.7. The normalized spacial score (nSPS) is 13.0. The summed E-state index contributed by atoms with van der Waals surface area (Å²) in [6.07, 6.45) is 0. The molecule has 0 spiro atoms. The van der Waals surface area contributed by atoms with Crippen LogP contribution in [0, 0.1) is 0 Å². The fraction of sp³-hybridized carbons (Fsp3) is 0. The van der Waals surface area contributed by atoms with Crippen LogP contribution in [-0.2, 0) is 10.0 Å². The van der Waals surface area contributed by atoms with Crippen LogP contribution >= 0.6 is 0 Å². The number of carbonyl (C=O) groups is 2. The number of anilines is 1. The first-order valence-electron chi connectivity index (χ1n) is 8.01. The van der Waals surface area contributed by atoms with Gasteiger partial charge in [0.1, 0.15) is 5.75 Å². The van der Waals surface area contributed by atoms with Crippen LogP contribution < -0.4 is 4.72 Å². The summed E-state index contributed by atoms with van der Waals surface area (Å²) in [6.45, 7) is 0. The Labute approximate surface area is 155 Å². The first kappa shape index (κ1) is 17.0. The van der Waals surface area contributed by atoms with Crippen molar-refractivity contribution in [1.29, 1.82) is 0 Å². The van der Waals surface area contributed by atoms with Gasteiger partial charge in [0.05, 0.1) is 4.90 Å². The summed E-state index contributed by atoms with van der Waals surface area (Å²) in [4.78, 5) is 25.2. The number of hydrogen-bond donors (Lipinski definition) is 2. The van der Waals surface area contributed by atoms with E-state index >= 15 is 0 Å². The van der Waals surface area contributed by atoms with Crippen molar-refractivity contribution in [3.63, 3.8) is 0 Å². The van der Waals surface area contributed by atoms with Gasteiger partial charge in [0, 0.05) is 27.9 Å². The van der Waals surface area contributed by atoms with Crippen molar-refractivity contribution in [1.82, 2.24) is 0 Å². The number of carbonyl (C=O) groups excluding carboxylic acids is 2. The fourth-order valence-corrected chi connectivity index (χ4v) is 4.07. The number of ketones is 2. The van der Waals surface area contributed by atoms with E-state index in [9.17, 15) is 23.1 Å². The molecule has 0 bridgehead atoms. The molecule has 6 nitrogen and oxygen atoms in total. The number of fused-ring (bicyclic) bond motifs is 2. The topological polar surface area (TPSA) is 101 Å². The molecule has 0 radical (unpaired) electrons. The second-order valence-corrected chi connectivity index (χ2v) is 7.75. The number of phenols is 1. The predicted octanol–water partition coefficient (Wildman–Crippen LogP) is 2.97. The highest BCUT2D eigenvalue weighted by molar-refractivity contribution is 7.92. The first-order valence-corrected chi connectivity index (χ1v) is 9.49. The molecule has 0 atom stereocenters. The molecular weight excluding hydrogens is 366 g/mol. The number of rotatable bonds is 3. The van der Waals surface area contributed by atoms with Crippen LogP contribution in [0.3, 0.4) is 0 Å². The van der Waals surface area contributed by atoms with Gasteiger partial charge >= 0.3 is 0 Å². The standard InChI is InChI=1S/C20H13NO5S/c22-13-7-5-12(6-8-13)21-27(25,26)14-9-10-17-18(11-14)20(24)16-4-2-1-3-15(16)19(17)23/h1-11,21-22H. The molecule has 3 aromatic rings. The Balaban J connectivity index is 1.75. The van der Waals surface area contributed by atoms with Crippen molar-refractivity contribution in [3.05, 3.63) is 89.0 Å². The van der Waals surface area contributed by atoms with Crippen molar-refractivity contribution < 1.29 is 23.1 Å². The van der Waals surface area contributed by atoms with Crippen LogP contribution in [0.4, 0.5) is 5.69 Å². The second-order valence-electron chi connectivity index (χ2n) is 6.06. The highest BCUT2D eigenvalue weighted by Crippen LogP contribution is 2.29. The molecule has 0 heterocycles. The van der Waals surface area contributed by atoms with Crippen molar-refractivity contribution >= 4 is 27.3 Å². The molecule has 0 aromatic heterocycles. The van der Waals surface area contributed by atoms with E-state index in [1.165, 1.54) is 42.5 Å². The highest BCUT2D eigenvalue weighted by atomic mass is 32.2. The van der Waals surface area contributed by atoms with Gasteiger partial charge in [0.2, 0.25) is 0 Å². The van der Waals surface area contributed by atoms with E-state index in [0.29, 0.717) is 5.56 Å². The number of nitrogens with one attached hydrogen (secondary N) is 1. The molecule has 1 aliphatic carbocycles. The summed E-state index contributed by atoms with van der Waals surface area (Å²) in [6, 6.07) is 15.9. The third kappa shape index (κ3) is 2.88. The number of benzene rings is 3. The summed E-state index contributed by atoms with van der Waals surface area (Å²) in [5, 5.41) is 9.29. The minimum atomic E-state index is -3.97. The first-order chi connectivity index (χ1) is 12.9. The van der Waals surface area contributed by atoms with E-state index in [0.717, 1.165) is 0 Å². The fourth-order valence-electron chi connectivity index (χ4n) is 2.99. The molecule has 3 aromatic carbocycles. The Morgan fingerprint density at radius 1 is 0.704 bits per heavy atom. The highest BCUT2D eigenvalue weighted by Gasteiger charge is 2.30. The molecule has 27 heavy (non-hydrogen) atoms. The van der Waals surface area contributed by atoms with Crippen LogP contribution in [0.25, 0.3) is 0 Å². The van der Waals surface area contributed by atoms with Crippen LogP contribution in [0.2, 0.25) is 0 Å². The molecule has 0 aliphatic heterocycles. The Morgan fingerprint density at radius 3 is 1.89 bits per heavy atom. The lowest BCUT2D eigenvalue weighted by molar-refractivity contribution is 0.0979. The lowest BCUT2D eigenvalue weighted by Gasteiger charge is -2.18. The SMILES string of the molecule is O=C1c2ccccc2C(=O)c2cc(S(=O)(=O)Nc3ccc(O)cc3)ccc21. The molecular formula is C20H13NO5S. The minimum absolute atomic E-state index is 0.00880. The van der Waals surface area contributed by atoms with Crippen LogP contribution in [0.5, 0.6) is 5.75 Å². The van der Waals surface area contributed by atoms with Gasteiger partial charge in [-0.1, -0.05) is 24.3 Å². The maximum Gasteiger partial charge on any atom is 0.261 e. The smallest absolute Gasteiger partial charge is 0.261 e. The molecule has 0 amide bonds. The van der Waals surface area contributed by atoms with Gasteiger partial charge < -0.3 is 5.11 Å². The van der Waals surface area contributed by atoms with E-state index in [-0.39, 0.29) is 44.6 Å². The van der Waals surface area contributed by atoms with Gasteiger partial charge in [-0.3, -0.25) is 14.3 Å². The van der Waals surface area contributed by atoms with Gasteiger partial charge in [-0.2, -0.15) is 0 Å². The predicted molar refractivity (Wildman–Crippen MR) is 98.7 cm³/mol. The molecule has 0 unspecified atom stereocenters. The monoisotopic (exact) mass is 379 g/mol. The third-order valence-corrected chi connectivity index (χ3v) is 5.71. The van der Waals surface area contributed by atoms with Crippen LogP contribution in [-0.4, -0.2) is 25.1 Å². The average molecular weight is 379 g/mol. The van der Waals surface area contributed by atoms with E-state index < -0.39 is 10.0 Å². The van der Waals surface area contributed by atoms with Crippen LogP contribution in [0.15, 0.2) is 71.6 Å². The van der Waals surface area contributed by atoms with Gasteiger partial charge in [0.25, 0.3) is 10.0 Å². The zero-order valence-electron chi connectivity index (χ0n) is 13.8. The Hall–Kier alpha value is -3.45. The lowest BCUT2D eigenvalue weighted by Crippen LogP contribution is -2.22. The quantitative estimate of drug-likeness (QED) is 0.533. The Kier molecular flexibility index (Phi) is 3.82. The number of sulfonamides is 1. The Morgan fingerprint density at radius 2 is 1.26 bits per heavy atom. The summed E-state index contributed by atoms with van der Waals surface area (Å²) >= 11 is 0. The maximum atomic E-state index is 12.7. The molecule has 4 rings (SSSR count). The van der Waals surface area contributed by atoms with Gasteiger partial charge in [0.15, 0.2) is 11.6 Å². The summed E-state index contributed by atoms with van der Waals surface area (Å²) in [7, 11) is -3.97. The van der Waals surface area contributed by atoms with Crippen LogP contribution in [0.1, 0.15) is 31.8 Å². The maximum absolute atomic E-state index is 12.7. The van der Waals surface area contributed by atoms with Crippen molar-refractivity contribution in [3.8, 4) is 5.75 Å². The summed E-state index contributed by atoms with van der Waals surface area (Å²) in [5.41, 5.74) is 1.08. The second kappa shape index (κ2) is 6.07. The van der Waals surface area contributed by atoms with E-state index in [4.69, 9.17) is 0 Å². The van der Waals surface area contributed by atoms with E-state index in [1.54, 1.807) is 24.3 Å². The van der Waals surface area contributed by atoms with Crippen molar-refractivity contribution in [2.24, 2.45) is 0 Å². The molecule has 0 saturated carbocycles. The molecule has 0 saturated heterocycles. The number of aromatic hydroxyl groups is 1. The lowest BCUT2D eigenvalue weighted by atomic mass is 9.84. The van der Waals surface area contributed by atoms with Gasteiger partial charge in [-0.05, 0) is 42.5 Å². The zero-order chi connectivity index (χ0) is 19.2. The average Bonchev–Trinajstić information content (AvgIpc) is 2.67. The van der Waals surface area contributed by atoms with E-state index in [1.807, 2.05) is 0 Å². The molecule has 1 aliphatic rings. The number of phenolic OH excluding ortho intramolecular Hbond substituents is 1. The molecule has 134 valence electrons. The van der Waals surface area contributed by atoms with Gasteiger partial charge in [-0.15, -0.1) is 0 Å². The number of hydrogen-bond acceptors (Lipinski definition) is 5. The minimum Gasteiger partial charge on any atom is -0.508 e. The molecule has 2 N–H and O–H groups in total. The van der Waals surface area contributed by atoms with Crippen molar-refractivity contribution in [2.75, 3.05) is 4.72 Å². The summed E-state index contributed by atoms with van der Waals surface area (Å²) in [5.74, 6) is -0.688. The Bertz CT molecular complexity index is 1200. The third-order valence-electron chi connectivity index (χ3n) is 4.33. The van der Waals surface area contributed by atoms with E-state index in [2.05, 4.69) is 4.72 Å². The molecule has 0 fully saturated rings. The van der Waals surface area contributed by atoms with Gasteiger partial charge in [-0.25, -0.2) is 8.42 Å².